The molecule has 120 valence electrons. The van der Waals surface area contributed by atoms with Crippen LogP contribution in [0.3, 0.4) is 0 Å². The van der Waals surface area contributed by atoms with E-state index in [0.29, 0.717) is 0 Å². The quantitative estimate of drug-likeness (QED) is 0.531. The lowest BCUT2D eigenvalue weighted by molar-refractivity contribution is -0.00983. The number of rotatable bonds is 7. The normalized spacial score (nSPS) is 25.7. The maximum absolute atomic E-state index is 6.47. The van der Waals surface area contributed by atoms with Crippen LogP contribution in [-0.4, -0.2) is 13.1 Å². The van der Waals surface area contributed by atoms with Gasteiger partial charge < -0.3 is 4.74 Å². The Balaban J connectivity index is 2.10. The van der Waals surface area contributed by atoms with Crippen LogP contribution in [0.15, 0.2) is 24.4 Å². The van der Waals surface area contributed by atoms with E-state index in [0.717, 1.165) is 6.42 Å². The van der Waals surface area contributed by atoms with Crippen LogP contribution in [0.2, 0.25) is 18.1 Å². The fraction of sp³-hybridized carbons (Fsp3) is 0.632. The first-order valence-electron chi connectivity index (χ1n) is 9.03. The lowest BCUT2D eigenvalue weighted by Gasteiger charge is -2.31. The fourth-order valence-corrected chi connectivity index (χ4v) is 8.08. The molecule has 3 rings (SSSR count). The van der Waals surface area contributed by atoms with Crippen molar-refractivity contribution in [3.05, 3.63) is 35.5 Å². The third-order valence-corrected chi connectivity index (χ3v) is 11.5. The summed E-state index contributed by atoms with van der Waals surface area (Å²) in [5.74, 6) is 0. The third kappa shape index (κ3) is 2.13. The molecule has 0 N–H and O–H groups in total. The van der Waals surface area contributed by atoms with Crippen LogP contribution in [0, 0.1) is 0 Å². The lowest BCUT2D eigenvalue weighted by atomic mass is 9.85. The van der Waals surface area contributed by atoms with Gasteiger partial charge in [0.05, 0.1) is 0 Å². The van der Waals surface area contributed by atoms with Crippen LogP contribution < -0.4 is 5.32 Å². The standard InChI is InChI=1S/C19H29NOSi/c1-5-9-12-19-13-10-16(21-19)17-15(19)11-14-20-18(17)22(6-2,7-3)8-4/h10-11,13-14,16H,5-9,12H2,1-4H3. The largest absolute Gasteiger partial charge is 0.354 e. The molecule has 2 bridgehead atoms. The Bertz CT molecular complexity index is 571. The van der Waals surface area contributed by atoms with E-state index >= 15 is 0 Å². The Morgan fingerprint density at radius 3 is 2.55 bits per heavy atom. The van der Waals surface area contributed by atoms with Crippen molar-refractivity contribution in [3.63, 3.8) is 0 Å². The molecule has 0 aromatic carbocycles. The highest BCUT2D eigenvalue weighted by molar-refractivity contribution is 6.91. The first kappa shape index (κ1) is 15.9. The van der Waals surface area contributed by atoms with Gasteiger partial charge in [0.25, 0.3) is 0 Å². The summed E-state index contributed by atoms with van der Waals surface area (Å²) in [6.07, 6.45) is 10.3. The van der Waals surface area contributed by atoms with Gasteiger partial charge in [-0.05, 0) is 24.1 Å². The van der Waals surface area contributed by atoms with Gasteiger partial charge in [-0.2, -0.15) is 0 Å². The molecule has 0 spiro atoms. The number of hydrogen-bond acceptors (Lipinski definition) is 2. The van der Waals surface area contributed by atoms with E-state index in [2.05, 4.69) is 45.9 Å². The maximum atomic E-state index is 6.47. The van der Waals surface area contributed by atoms with E-state index in [1.807, 2.05) is 6.20 Å². The van der Waals surface area contributed by atoms with Gasteiger partial charge in [0.15, 0.2) is 0 Å². The van der Waals surface area contributed by atoms with E-state index < -0.39 is 8.07 Å². The van der Waals surface area contributed by atoms with Crippen molar-refractivity contribution in [3.8, 4) is 0 Å². The molecule has 0 fully saturated rings. The number of ether oxygens (including phenoxy) is 1. The first-order valence-corrected chi connectivity index (χ1v) is 11.7. The van der Waals surface area contributed by atoms with Crippen molar-refractivity contribution >= 4 is 13.4 Å². The van der Waals surface area contributed by atoms with Gasteiger partial charge in [-0.15, -0.1) is 0 Å². The molecule has 0 radical (unpaired) electrons. The average molecular weight is 316 g/mol. The topological polar surface area (TPSA) is 22.1 Å². The maximum Gasteiger partial charge on any atom is 0.113 e. The zero-order valence-corrected chi connectivity index (χ0v) is 15.5. The second-order valence-corrected chi connectivity index (χ2v) is 12.0. The molecule has 1 aromatic rings. The number of aromatic nitrogens is 1. The summed E-state index contributed by atoms with van der Waals surface area (Å²) in [4.78, 5) is 4.91. The summed E-state index contributed by atoms with van der Waals surface area (Å²) in [5, 5.41) is 1.44. The Labute approximate surface area is 136 Å². The Morgan fingerprint density at radius 2 is 1.91 bits per heavy atom. The smallest absolute Gasteiger partial charge is 0.113 e. The van der Waals surface area contributed by atoms with Crippen molar-refractivity contribution in [2.24, 2.45) is 0 Å². The molecular weight excluding hydrogens is 286 g/mol. The highest BCUT2D eigenvalue weighted by Gasteiger charge is 2.49. The van der Waals surface area contributed by atoms with Gasteiger partial charge >= 0.3 is 0 Å². The first-order chi connectivity index (χ1) is 10.7. The van der Waals surface area contributed by atoms with E-state index in [-0.39, 0.29) is 11.7 Å². The molecule has 2 nitrogen and oxygen atoms in total. The summed E-state index contributed by atoms with van der Waals surface area (Å²) in [5.41, 5.74) is 2.72. The van der Waals surface area contributed by atoms with E-state index in [4.69, 9.17) is 9.72 Å². The zero-order valence-electron chi connectivity index (χ0n) is 14.5. The summed E-state index contributed by atoms with van der Waals surface area (Å²) in [6, 6.07) is 6.06. The van der Waals surface area contributed by atoms with E-state index in [1.165, 1.54) is 47.4 Å². The number of pyridine rings is 1. The Hall–Kier alpha value is -0.933. The Kier molecular flexibility index (Phi) is 4.30. The van der Waals surface area contributed by atoms with Crippen LogP contribution in [-0.2, 0) is 10.3 Å². The molecule has 2 unspecified atom stereocenters. The Morgan fingerprint density at radius 1 is 1.18 bits per heavy atom. The third-order valence-electron chi connectivity index (χ3n) is 6.04. The number of fused-ring (bicyclic) bond motifs is 5. The van der Waals surface area contributed by atoms with Gasteiger partial charge in [-0.1, -0.05) is 64.7 Å². The fourth-order valence-electron chi connectivity index (χ4n) is 4.38. The highest BCUT2D eigenvalue weighted by atomic mass is 28.3. The minimum absolute atomic E-state index is 0.150. The molecular formula is C19H29NOSi. The predicted octanol–water partition coefficient (Wildman–Crippen LogP) is 4.82. The van der Waals surface area contributed by atoms with E-state index in [1.54, 1.807) is 0 Å². The van der Waals surface area contributed by atoms with Gasteiger partial charge in [-0.3, -0.25) is 4.98 Å². The summed E-state index contributed by atoms with van der Waals surface area (Å²) in [7, 11) is -1.48. The molecule has 0 saturated carbocycles. The van der Waals surface area contributed by atoms with Crippen molar-refractivity contribution < 1.29 is 4.74 Å². The van der Waals surface area contributed by atoms with Crippen LogP contribution in [0.5, 0.6) is 0 Å². The van der Waals surface area contributed by atoms with Crippen molar-refractivity contribution in [1.29, 1.82) is 0 Å². The molecule has 3 heteroatoms. The molecule has 2 aliphatic rings. The predicted molar refractivity (Wildman–Crippen MR) is 95.2 cm³/mol. The van der Waals surface area contributed by atoms with Gasteiger partial charge in [0.1, 0.15) is 19.8 Å². The summed E-state index contributed by atoms with van der Waals surface area (Å²) in [6.45, 7) is 9.33. The average Bonchev–Trinajstić information content (AvgIpc) is 3.13. The highest BCUT2D eigenvalue weighted by Crippen LogP contribution is 2.52. The van der Waals surface area contributed by atoms with E-state index in [9.17, 15) is 0 Å². The van der Waals surface area contributed by atoms with Crippen LogP contribution in [0.1, 0.15) is 64.2 Å². The monoisotopic (exact) mass is 315 g/mol. The molecule has 2 atom stereocenters. The zero-order chi connectivity index (χ0) is 15.8. The molecule has 0 aliphatic carbocycles. The second kappa shape index (κ2) is 5.93. The lowest BCUT2D eigenvalue weighted by Crippen LogP contribution is -2.50. The van der Waals surface area contributed by atoms with Crippen molar-refractivity contribution in [2.75, 3.05) is 0 Å². The van der Waals surface area contributed by atoms with Crippen LogP contribution >= 0.6 is 0 Å². The molecule has 0 saturated heterocycles. The van der Waals surface area contributed by atoms with Gasteiger partial charge in [0, 0.05) is 17.1 Å². The number of unbranched alkanes of at least 4 members (excludes halogenated alkanes) is 1. The molecule has 0 amide bonds. The number of hydrogen-bond donors (Lipinski definition) is 0. The number of nitrogens with zero attached hydrogens (tertiary/aromatic N) is 1. The van der Waals surface area contributed by atoms with Gasteiger partial charge in [0.2, 0.25) is 0 Å². The SMILES string of the molecule is CCCCC12C=CC(O1)c1c2ccnc1[Si](CC)(CC)CC. The van der Waals surface area contributed by atoms with Crippen molar-refractivity contribution in [2.45, 2.75) is 76.8 Å². The van der Waals surface area contributed by atoms with Crippen LogP contribution in [0.4, 0.5) is 0 Å². The molecule has 2 aliphatic heterocycles. The molecule has 22 heavy (non-hydrogen) atoms. The second-order valence-electron chi connectivity index (χ2n) is 6.85. The van der Waals surface area contributed by atoms with Gasteiger partial charge in [-0.25, -0.2) is 0 Å². The summed E-state index contributed by atoms with van der Waals surface area (Å²) >= 11 is 0. The van der Waals surface area contributed by atoms with Crippen molar-refractivity contribution in [1.82, 2.24) is 4.98 Å². The molecule has 1 aromatic heterocycles. The van der Waals surface area contributed by atoms with Crippen LogP contribution in [0.25, 0.3) is 0 Å². The molecule has 3 heterocycles. The summed E-state index contributed by atoms with van der Waals surface area (Å²) < 4.78 is 6.47. The minimum Gasteiger partial charge on any atom is -0.354 e. The minimum atomic E-state index is -1.48.